The van der Waals surface area contributed by atoms with Gasteiger partial charge >= 0.3 is 12.3 Å². The number of esters is 1. The van der Waals surface area contributed by atoms with Gasteiger partial charge in [0.15, 0.2) is 0 Å². The van der Waals surface area contributed by atoms with Crippen LogP contribution in [-0.4, -0.2) is 35.3 Å². The van der Waals surface area contributed by atoms with Gasteiger partial charge in [0.25, 0.3) is 0 Å². The summed E-state index contributed by atoms with van der Waals surface area (Å²) in [6, 6.07) is 0. The Kier molecular flexibility index (Phi) is 4.32. The first-order valence-corrected chi connectivity index (χ1v) is 4.51. The number of ether oxygens (including phenoxy) is 2. The number of alkyl halides is 3. The molecule has 0 radical (unpaired) electrons. The predicted octanol–water partition coefficient (Wildman–Crippen LogP) is 0.545. The van der Waals surface area contributed by atoms with Crippen molar-refractivity contribution in [1.29, 1.82) is 0 Å². The fraction of sp³-hybridized carbons (Fsp3) is 0.500. The monoisotopic (exact) mass is 253 g/mol. The van der Waals surface area contributed by atoms with Crippen LogP contribution in [0.1, 0.15) is 0 Å². The molecule has 1 rings (SSSR count). The van der Waals surface area contributed by atoms with Gasteiger partial charge in [-0.25, -0.2) is 0 Å². The largest absolute Gasteiger partial charge is 0.522 e. The summed E-state index contributed by atoms with van der Waals surface area (Å²) >= 11 is 0. The van der Waals surface area contributed by atoms with Crippen LogP contribution in [0.3, 0.4) is 0 Å². The van der Waals surface area contributed by atoms with E-state index in [-0.39, 0.29) is 6.54 Å². The minimum absolute atomic E-state index is 0.219. The van der Waals surface area contributed by atoms with Crippen LogP contribution in [0.5, 0.6) is 0 Å². The number of nitrogens with zero attached hydrogens (tertiary/aromatic N) is 2. The molecule has 9 heteroatoms. The molecule has 1 aromatic rings. The number of anilines is 1. The summed E-state index contributed by atoms with van der Waals surface area (Å²) in [5, 5.41) is 3.70. The summed E-state index contributed by atoms with van der Waals surface area (Å²) < 4.78 is 43.7. The van der Waals surface area contributed by atoms with E-state index in [9.17, 15) is 18.0 Å². The first-order valence-electron chi connectivity index (χ1n) is 4.51. The number of hydrogen-bond donors (Lipinski definition) is 1. The normalized spacial score (nSPS) is 11.5. The molecule has 6 nitrogen and oxygen atoms in total. The summed E-state index contributed by atoms with van der Waals surface area (Å²) in [5.41, 5.74) is 5.72. The van der Waals surface area contributed by atoms with E-state index in [2.05, 4.69) is 14.6 Å². The van der Waals surface area contributed by atoms with Crippen molar-refractivity contribution in [2.45, 2.75) is 12.9 Å². The first-order chi connectivity index (χ1) is 7.87. The lowest BCUT2D eigenvalue weighted by atomic mass is 10.6. The highest BCUT2D eigenvalue weighted by Crippen LogP contribution is 2.15. The topological polar surface area (TPSA) is 79.4 Å². The maximum absolute atomic E-state index is 11.5. The van der Waals surface area contributed by atoms with E-state index in [4.69, 9.17) is 5.73 Å². The van der Waals surface area contributed by atoms with Crippen LogP contribution >= 0.6 is 0 Å². The molecule has 1 heterocycles. The van der Waals surface area contributed by atoms with Crippen LogP contribution in [0.4, 0.5) is 18.9 Å². The fourth-order valence-corrected chi connectivity index (χ4v) is 0.957. The van der Waals surface area contributed by atoms with Gasteiger partial charge < -0.3 is 10.5 Å². The molecule has 0 aromatic carbocycles. The number of hydrogen-bond acceptors (Lipinski definition) is 5. The van der Waals surface area contributed by atoms with Gasteiger partial charge in [-0.3, -0.25) is 14.2 Å². The lowest BCUT2D eigenvalue weighted by Gasteiger charge is -2.07. The maximum atomic E-state index is 11.5. The van der Waals surface area contributed by atoms with Crippen molar-refractivity contribution in [2.24, 2.45) is 0 Å². The highest BCUT2D eigenvalue weighted by atomic mass is 19.4. The minimum atomic E-state index is -4.72. The Hall–Kier alpha value is -1.77. The molecule has 0 saturated carbocycles. The van der Waals surface area contributed by atoms with Gasteiger partial charge in [-0.1, -0.05) is 0 Å². The molecule has 0 unspecified atom stereocenters. The highest BCUT2D eigenvalue weighted by Gasteiger charge is 2.28. The molecule has 2 N–H and O–H groups in total. The van der Waals surface area contributed by atoms with Gasteiger partial charge in [0.1, 0.15) is 13.2 Å². The smallest absolute Gasteiger partial charge is 0.462 e. The Labute approximate surface area is 94.1 Å². The third kappa shape index (κ3) is 5.76. The van der Waals surface area contributed by atoms with Crippen LogP contribution in [0.25, 0.3) is 0 Å². The molecular weight excluding hydrogens is 243 g/mol. The fourth-order valence-electron chi connectivity index (χ4n) is 0.957. The zero-order valence-corrected chi connectivity index (χ0v) is 8.61. The van der Waals surface area contributed by atoms with E-state index >= 15 is 0 Å². The lowest BCUT2D eigenvalue weighted by molar-refractivity contribution is -0.326. The molecule has 0 saturated heterocycles. The van der Waals surface area contributed by atoms with Crippen LogP contribution in [0, 0.1) is 0 Å². The Balaban J connectivity index is 2.18. The Morgan fingerprint density at radius 3 is 2.71 bits per heavy atom. The molecular formula is C8H10F3N3O3. The first kappa shape index (κ1) is 13.3. The van der Waals surface area contributed by atoms with E-state index < -0.39 is 25.5 Å². The second kappa shape index (κ2) is 5.53. The Morgan fingerprint density at radius 1 is 1.47 bits per heavy atom. The number of halogens is 3. The van der Waals surface area contributed by atoms with E-state index in [0.717, 1.165) is 0 Å². The molecule has 0 amide bonds. The molecule has 0 atom stereocenters. The summed E-state index contributed by atoms with van der Waals surface area (Å²) in [5.74, 6) is -0.723. The highest BCUT2D eigenvalue weighted by molar-refractivity contribution is 5.69. The Morgan fingerprint density at radius 2 is 2.18 bits per heavy atom. The van der Waals surface area contributed by atoms with Crippen molar-refractivity contribution >= 4 is 11.7 Å². The maximum Gasteiger partial charge on any atom is 0.522 e. The van der Waals surface area contributed by atoms with E-state index in [1.54, 1.807) is 0 Å². The van der Waals surface area contributed by atoms with Crippen molar-refractivity contribution in [2.75, 3.05) is 18.9 Å². The third-order valence-electron chi connectivity index (χ3n) is 1.56. The van der Waals surface area contributed by atoms with E-state index in [1.807, 2.05) is 0 Å². The van der Waals surface area contributed by atoms with Gasteiger partial charge in [-0.15, -0.1) is 13.2 Å². The number of nitrogen functional groups attached to an aromatic ring is 1. The second-order valence-electron chi connectivity index (χ2n) is 2.99. The van der Waals surface area contributed by atoms with Crippen LogP contribution in [0.15, 0.2) is 12.4 Å². The number of nitrogens with two attached hydrogens (primary N) is 1. The molecule has 0 fully saturated rings. The summed E-state index contributed by atoms with van der Waals surface area (Å²) in [4.78, 5) is 11.1. The number of carbonyl (C=O) groups is 1. The van der Waals surface area contributed by atoms with Gasteiger partial charge in [0, 0.05) is 6.20 Å². The molecule has 17 heavy (non-hydrogen) atoms. The molecule has 0 aliphatic carbocycles. The quantitative estimate of drug-likeness (QED) is 0.612. The van der Waals surface area contributed by atoms with Gasteiger partial charge in [-0.05, 0) is 0 Å². The van der Waals surface area contributed by atoms with Crippen molar-refractivity contribution in [3.8, 4) is 0 Å². The van der Waals surface area contributed by atoms with Crippen molar-refractivity contribution in [3.63, 3.8) is 0 Å². The van der Waals surface area contributed by atoms with Crippen molar-refractivity contribution in [1.82, 2.24) is 9.78 Å². The molecule has 0 bridgehead atoms. The zero-order valence-electron chi connectivity index (χ0n) is 8.61. The zero-order chi connectivity index (χ0) is 12.9. The number of rotatable bonds is 5. The van der Waals surface area contributed by atoms with Crippen LogP contribution in [-0.2, 0) is 20.8 Å². The molecule has 0 aliphatic heterocycles. The van der Waals surface area contributed by atoms with E-state index in [0.29, 0.717) is 5.69 Å². The molecule has 0 spiro atoms. The third-order valence-corrected chi connectivity index (χ3v) is 1.56. The predicted molar refractivity (Wildman–Crippen MR) is 49.6 cm³/mol. The van der Waals surface area contributed by atoms with Crippen molar-refractivity contribution < 1.29 is 27.4 Å². The Bertz CT molecular complexity index is 378. The standard InChI is InChI=1S/C8H10F3N3O3/c9-8(10,11)17-2-1-16-7(15)5-14-4-6(12)3-13-14/h3-4H,1-2,5,12H2. The molecule has 96 valence electrons. The van der Waals surface area contributed by atoms with Gasteiger partial charge in [0.05, 0.1) is 18.5 Å². The summed E-state index contributed by atoms with van der Waals surface area (Å²) in [7, 11) is 0. The number of aromatic nitrogens is 2. The summed E-state index contributed by atoms with van der Waals surface area (Å²) in [6.07, 6.45) is -1.99. The van der Waals surface area contributed by atoms with Gasteiger partial charge in [-0.2, -0.15) is 5.10 Å². The van der Waals surface area contributed by atoms with Crippen LogP contribution < -0.4 is 5.73 Å². The molecule has 0 aliphatic rings. The lowest BCUT2D eigenvalue weighted by Crippen LogP contribution is -2.20. The van der Waals surface area contributed by atoms with Crippen LogP contribution in [0.2, 0.25) is 0 Å². The summed E-state index contributed by atoms with van der Waals surface area (Å²) in [6.45, 7) is -1.44. The second-order valence-corrected chi connectivity index (χ2v) is 2.99. The molecule has 1 aromatic heterocycles. The average molecular weight is 253 g/mol. The van der Waals surface area contributed by atoms with Gasteiger partial charge in [0.2, 0.25) is 0 Å². The average Bonchev–Trinajstić information content (AvgIpc) is 2.57. The SMILES string of the molecule is Nc1cnn(CC(=O)OCCOC(F)(F)F)c1. The van der Waals surface area contributed by atoms with Crippen molar-refractivity contribution in [3.05, 3.63) is 12.4 Å². The van der Waals surface area contributed by atoms with E-state index in [1.165, 1.54) is 17.1 Å². The minimum Gasteiger partial charge on any atom is -0.462 e. The number of carbonyl (C=O) groups excluding carboxylic acids is 1.